The molecule has 0 atom stereocenters. The number of pyridine rings is 1. The minimum Gasteiger partial charge on any atom is -0.369 e. The fourth-order valence-corrected chi connectivity index (χ4v) is 3.15. The lowest BCUT2D eigenvalue weighted by atomic mass is 9.98. The van der Waals surface area contributed by atoms with Gasteiger partial charge in [0.1, 0.15) is 0 Å². The summed E-state index contributed by atoms with van der Waals surface area (Å²) in [5.41, 5.74) is 1.13. The van der Waals surface area contributed by atoms with Crippen molar-refractivity contribution in [3.63, 3.8) is 0 Å². The zero-order valence-electron chi connectivity index (χ0n) is 10.2. The highest BCUT2D eigenvalue weighted by molar-refractivity contribution is 9.10. The summed E-state index contributed by atoms with van der Waals surface area (Å²) < 4.78 is 0.997. The number of carbonyl (C=O) groups excluding carboxylic acids is 1. The van der Waals surface area contributed by atoms with E-state index in [4.69, 9.17) is 0 Å². The lowest BCUT2D eigenvalue weighted by Gasteiger charge is -2.41. The second kappa shape index (κ2) is 4.88. The van der Waals surface area contributed by atoms with Crippen LogP contribution in [0.1, 0.15) is 12.8 Å². The smallest absolute Gasteiger partial charge is 0.229 e. The highest BCUT2D eigenvalue weighted by Gasteiger charge is 2.36. The van der Waals surface area contributed by atoms with E-state index in [-0.39, 0.29) is 5.92 Å². The predicted molar refractivity (Wildman–Crippen MR) is 73.5 cm³/mol. The van der Waals surface area contributed by atoms with Crippen molar-refractivity contribution in [2.45, 2.75) is 12.8 Å². The topological polar surface area (TPSA) is 36.4 Å². The van der Waals surface area contributed by atoms with E-state index >= 15 is 0 Å². The summed E-state index contributed by atoms with van der Waals surface area (Å²) in [7, 11) is 0. The molecule has 5 heteroatoms. The van der Waals surface area contributed by atoms with E-state index in [9.17, 15) is 4.79 Å². The number of halogens is 1. The van der Waals surface area contributed by atoms with Gasteiger partial charge in [-0.15, -0.1) is 0 Å². The molecule has 2 saturated heterocycles. The molecule has 4 nitrogen and oxygen atoms in total. The van der Waals surface area contributed by atoms with Crippen LogP contribution in [-0.2, 0) is 4.79 Å². The molecule has 3 heterocycles. The van der Waals surface area contributed by atoms with E-state index in [1.165, 1.54) is 0 Å². The van der Waals surface area contributed by atoms with Gasteiger partial charge in [-0.1, -0.05) is 0 Å². The third-order valence-electron chi connectivity index (χ3n) is 3.74. The lowest BCUT2D eigenvalue weighted by molar-refractivity contribution is -0.135. The van der Waals surface area contributed by atoms with Crippen molar-refractivity contribution >= 4 is 27.5 Å². The van der Waals surface area contributed by atoms with Gasteiger partial charge in [-0.3, -0.25) is 9.78 Å². The molecule has 1 aromatic rings. The first-order chi connectivity index (χ1) is 8.75. The quantitative estimate of drug-likeness (QED) is 0.837. The number of carbonyl (C=O) groups is 1. The predicted octanol–water partition coefficient (Wildman–Crippen LogP) is 1.90. The van der Waals surface area contributed by atoms with Crippen LogP contribution in [0.3, 0.4) is 0 Å². The maximum absolute atomic E-state index is 12.2. The molecule has 0 bridgehead atoms. The first kappa shape index (κ1) is 12.0. The van der Waals surface area contributed by atoms with Gasteiger partial charge in [0.15, 0.2) is 0 Å². The summed E-state index contributed by atoms with van der Waals surface area (Å²) in [6.45, 7) is 3.57. The van der Waals surface area contributed by atoms with Crippen molar-refractivity contribution in [3.05, 3.63) is 22.9 Å². The van der Waals surface area contributed by atoms with E-state index < -0.39 is 0 Å². The van der Waals surface area contributed by atoms with Crippen LogP contribution < -0.4 is 4.90 Å². The maximum atomic E-state index is 12.2. The maximum Gasteiger partial charge on any atom is 0.229 e. The number of hydrogen-bond donors (Lipinski definition) is 0. The van der Waals surface area contributed by atoms with Crippen LogP contribution in [0.2, 0.25) is 0 Å². The van der Waals surface area contributed by atoms with Gasteiger partial charge in [0.2, 0.25) is 5.91 Å². The van der Waals surface area contributed by atoms with E-state index in [1.807, 2.05) is 11.0 Å². The Labute approximate surface area is 115 Å². The average Bonchev–Trinajstić information content (AvgIpc) is 2.83. The summed E-state index contributed by atoms with van der Waals surface area (Å²) in [5, 5.41) is 0. The van der Waals surface area contributed by atoms with Gasteiger partial charge in [-0.25, -0.2) is 0 Å². The van der Waals surface area contributed by atoms with Crippen molar-refractivity contribution in [1.29, 1.82) is 0 Å². The Hall–Kier alpha value is -1.10. The molecule has 0 aromatic carbocycles. The molecule has 0 N–H and O–H groups in total. The van der Waals surface area contributed by atoms with Crippen LogP contribution in [0, 0.1) is 5.92 Å². The van der Waals surface area contributed by atoms with E-state index in [0.29, 0.717) is 5.91 Å². The molecule has 2 aliphatic heterocycles. The SMILES string of the molecule is O=C(C1CN(c2ccncc2Br)C1)N1CCCC1. The van der Waals surface area contributed by atoms with Crippen LogP contribution in [0.5, 0.6) is 0 Å². The third kappa shape index (κ3) is 2.11. The van der Waals surface area contributed by atoms with Crippen LogP contribution in [0.4, 0.5) is 5.69 Å². The Kier molecular flexibility index (Phi) is 3.24. The van der Waals surface area contributed by atoms with Crippen LogP contribution in [-0.4, -0.2) is 42.0 Å². The fourth-order valence-electron chi connectivity index (χ4n) is 2.65. The number of nitrogens with zero attached hydrogens (tertiary/aromatic N) is 3. The van der Waals surface area contributed by atoms with Crippen molar-refractivity contribution < 1.29 is 4.79 Å². The standard InChI is InChI=1S/C13H16BrN3O/c14-11-7-15-4-3-12(11)17-8-10(9-17)13(18)16-5-1-2-6-16/h3-4,7,10H,1-2,5-6,8-9H2. The second-order valence-corrected chi connectivity index (χ2v) is 5.82. The molecule has 0 aliphatic carbocycles. The van der Waals surface area contributed by atoms with E-state index in [1.54, 1.807) is 12.4 Å². The van der Waals surface area contributed by atoms with Crippen LogP contribution >= 0.6 is 15.9 Å². The van der Waals surface area contributed by atoms with Crippen molar-refractivity contribution in [3.8, 4) is 0 Å². The zero-order chi connectivity index (χ0) is 12.5. The summed E-state index contributed by atoms with van der Waals surface area (Å²) in [6, 6.07) is 1.99. The van der Waals surface area contributed by atoms with Gasteiger partial charge in [-0.2, -0.15) is 0 Å². The second-order valence-electron chi connectivity index (χ2n) is 4.96. The number of anilines is 1. The van der Waals surface area contributed by atoms with Gasteiger partial charge in [0.25, 0.3) is 0 Å². The molecule has 0 radical (unpaired) electrons. The van der Waals surface area contributed by atoms with Crippen LogP contribution in [0.15, 0.2) is 22.9 Å². The molecule has 96 valence electrons. The summed E-state index contributed by atoms with van der Waals surface area (Å²) in [5.74, 6) is 0.525. The highest BCUT2D eigenvalue weighted by Crippen LogP contribution is 2.31. The Bertz CT molecular complexity index is 453. The number of aromatic nitrogens is 1. The Morgan fingerprint density at radius 1 is 1.33 bits per heavy atom. The van der Waals surface area contributed by atoms with E-state index in [0.717, 1.165) is 49.2 Å². The minimum atomic E-state index is 0.183. The monoisotopic (exact) mass is 309 g/mol. The number of rotatable bonds is 2. The number of likely N-dealkylation sites (tertiary alicyclic amines) is 1. The van der Waals surface area contributed by atoms with Crippen LogP contribution in [0.25, 0.3) is 0 Å². The molecular weight excluding hydrogens is 294 g/mol. The minimum absolute atomic E-state index is 0.183. The molecule has 0 unspecified atom stereocenters. The van der Waals surface area contributed by atoms with E-state index in [2.05, 4.69) is 25.8 Å². The molecule has 0 spiro atoms. The molecule has 1 amide bonds. The summed E-state index contributed by atoms with van der Waals surface area (Å²) in [4.78, 5) is 20.5. The largest absolute Gasteiger partial charge is 0.369 e. The summed E-state index contributed by atoms with van der Waals surface area (Å²) >= 11 is 3.50. The Morgan fingerprint density at radius 2 is 2.06 bits per heavy atom. The van der Waals surface area contributed by atoms with Crippen molar-refractivity contribution in [1.82, 2.24) is 9.88 Å². The molecule has 2 fully saturated rings. The normalized spacial score (nSPS) is 20.1. The number of amides is 1. The third-order valence-corrected chi connectivity index (χ3v) is 4.35. The van der Waals surface area contributed by atoms with Gasteiger partial charge in [0, 0.05) is 38.6 Å². The fraction of sp³-hybridized carbons (Fsp3) is 0.538. The zero-order valence-corrected chi connectivity index (χ0v) is 11.8. The average molecular weight is 310 g/mol. The lowest BCUT2D eigenvalue weighted by Crippen LogP contribution is -2.54. The van der Waals surface area contributed by atoms with Crippen molar-refractivity contribution in [2.24, 2.45) is 5.92 Å². The molecule has 1 aromatic heterocycles. The van der Waals surface area contributed by atoms with Gasteiger partial charge >= 0.3 is 0 Å². The van der Waals surface area contributed by atoms with Gasteiger partial charge in [0.05, 0.1) is 16.1 Å². The number of hydrogen-bond acceptors (Lipinski definition) is 3. The van der Waals surface area contributed by atoms with Crippen molar-refractivity contribution in [2.75, 3.05) is 31.1 Å². The molecule has 18 heavy (non-hydrogen) atoms. The molecule has 3 rings (SSSR count). The molecular formula is C13H16BrN3O. The van der Waals surface area contributed by atoms with Gasteiger partial charge in [-0.05, 0) is 34.8 Å². The Morgan fingerprint density at radius 3 is 2.72 bits per heavy atom. The molecule has 0 saturated carbocycles. The first-order valence-corrected chi connectivity index (χ1v) is 7.18. The molecule has 2 aliphatic rings. The highest BCUT2D eigenvalue weighted by atomic mass is 79.9. The summed E-state index contributed by atoms with van der Waals surface area (Å²) in [6.07, 6.45) is 5.91. The van der Waals surface area contributed by atoms with Gasteiger partial charge < -0.3 is 9.80 Å². The Balaban J connectivity index is 1.60. The first-order valence-electron chi connectivity index (χ1n) is 6.39.